The molecule has 0 unspecified atom stereocenters. The van der Waals surface area contributed by atoms with Crippen molar-refractivity contribution in [2.45, 2.75) is 0 Å². The van der Waals surface area contributed by atoms with E-state index in [1.807, 2.05) is 30.3 Å². The maximum atomic E-state index is 11.1. The number of hydrogen-bond acceptors (Lipinski definition) is 3. The van der Waals surface area contributed by atoms with Crippen molar-refractivity contribution in [3.8, 4) is 0 Å². The molecule has 2 aromatic rings. The van der Waals surface area contributed by atoms with Crippen LogP contribution in [-0.2, 0) is 4.79 Å². The van der Waals surface area contributed by atoms with E-state index >= 15 is 0 Å². The highest BCUT2D eigenvalue weighted by atomic mass is 16.2. The fourth-order valence-electron chi connectivity index (χ4n) is 1.80. The second-order valence-corrected chi connectivity index (χ2v) is 3.59. The Balaban J connectivity index is 2.20. The summed E-state index contributed by atoms with van der Waals surface area (Å²) in [6.45, 7) is 0.195. The normalized spacial score (nSPS) is 15.0. The number of aliphatic imine (C=N–C) groups is 1. The monoisotopic (exact) mass is 211 g/mol. The van der Waals surface area contributed by atoms with E-state index in [1.165, 1.54) is 0 Å². The minimum atomic E-state index is -0.0789. The van der Waals surface area contributed by atoms with Gasteiger partial charge in [-0.05, 0) is 11.5 Å². The van der Waals surface area contributed by atoms with E-state index in [0.29, 0.717) is 5.84 Å². The van der Waals surface area contributed by atoms with Crippen molar-refractivity contribution >= 4 is 22.5 Å². The maximum absolute atomic E-state index is 11.1. The van der Waals surface area contributed by atoms with E-state index in [-0.39, 0.29) is 12.5 Å². The first kappa shape index (κ1) is 9.03. The molecule has 1 amide bonds. The van der Waals surface area contributed by atoms with Gasteiger partial charge in [0.1, 0.15) is 12.2 Å². The molecule has 0 saturated heterocycles. The van der Waals surface area contributed by atoms with Gasteiger partial charge in [-0.1, -0.05) is 24.3 Å². The molecule has 0 saturated carbocycles. The Morgan fingerprint density at radius 1 is 1.19 bits per heavy atom. The van der Waals surface area contributed by atoms with Crippen LogP contribution in [0.4, 0.5) is 0 Å². The highest BCUT2D eigenvalue weighted by Crippen LogP contribution is 2.17. The molecule has 0 spiro atoms. The number of carbonyl (C=O) groups excluding carboxylic acids is 1. The molecule has 0 bridgehead atoms. The fourth-order valence-corrected chi connectivity index (χ4v) is 1.80. The SMILES string of the molecule is O=C1CN=C(c2nccc3ccccc23)N1. The largest absolute Gasteiger partial charge is 0.308 e. The quantitative estimate of drug-likeness (QED) is 0.768. The number of fused-ring (bicyclic) bond motifs is 1. The third kappa shape index (κ3) is 1.35. The number of amidine groups is 1. The van der Waals surface area contributed by atoms with E-state index in [0.717, 1.165) is 16.5 Å². The molecular formula is C12H9N3O. The number of rotatable bonds is 1. The van der Waals surface area contributed by atoms with E-state index in [9.17, 15) is 4.79 Å². The highest BCUT2D eigenvalue weighted by molar-refractivity contribution is 6.16. The van der Waals surface area contributed by atoms with Crippen molar-refractivity contribution in [1.82, 2.24) is 10.3 Å². The third-order valence-electron chi connectivity index (χ3n) is 2.54. The molecule has 0 aliphatic carbocycles. The number of pyridine rings is 1. The topological polar surface area (TPSA) is 54.4 Å². The van der Waals surface area contributed by atoms with Crippen molar-refractivity contribution in [2.75, 3.05) is 6.54 Å². The van der Waals surface area contributed by atoms with Crippen LogP contribution in [0.25, 0.3) is 10.8 Å². The summed E-state index contributed by atoms with van der Waals surface area (Å²) >= 11 is 0. The van der Waals surface area contributed by atoms with Crippen LogP contribution >= 0.6 is 0 Å². The molecule has 0 atom stereocenters. The zero-order valence-corrected chi connectivity index (χ0v) is 8.47. The number of aromatic nitrogens is 1. The smallest absolute Gasteiger partial charge is 0.247 e. The lowest BCUT2D eigenvalue weighted by molar-refractivity contribution is -0.117. The fraction of sp³-hybridized carbons (Fsp3) is 0.0833. The Kier molecular flexibility index (Phi) is 1.93. The molecular weight excluding hydrogens is 202 g/mol. The van der Waals surface area contributed by atoms with E-state index in [4.69, 9.17) is 0 Å². The van der Waals surface area contributed by atoms with Gasteiger partial charge in [0.15, 0.2) is 5.84 Å². The van der Waals surface area contributed by atoms with Crippen LogP contribution < -0.4 is 5.32 Å². The van der Waals surface area contributed by atoms with Crippen molar-refractivity contribution in [1.29, 1.82) is 0 Å². The Morgan fingerprint density at radius 3 is 2.88 bits per heavy atom. The molecule has 4 heteroatoms. The Labute approximate surface area is 92.0 Å². The third-order valence-corrected chi connectivity index (χ3v) is 2.54. The van der Waals surface area contributed by atoms with Gasteiger partial charge in [0.25, 0.3) is 0 Å². The summed E-state index contributed by atoms with van der Waals surface area (Å²) in [7, 11) is 0. The van der Waals surface area contributed by atoms with Crippen LogP contribution in [0, 0.1) is 0 Å². The minimum Gasteiger partial charge on any atom is -0.308 e. The molecule has 2 heterocycles. The Hall–Kier alpha value is -2.23. The molecule has 0 fully saturated rings. The summed E-state index contributed by atoms with van der Waals surface area (Å²) < 4.78 is 0. The minimum absolute atomic E-state index is 0.0789. The first-order chi connectivity index (χ1) is 7.84. The van der Waals surface area contributed by atoms with Crippen molar-refractivity contribution in [3.63, 3.8) is 0 Å². The molecule has 4 nitrogen and oxygen atoms in total. The van der Waals surface area contributed by atoms with Gasteiger partial charge in [-0.3, -0.25) is 14.8 Å². The lowest BCUT2D eigenvalue weighted by Gasteiger charge is -2.04. The second kappa shape index (κ2) is 3.41. The standard InChI is InChI=1S/C12H9N3O/c16-10-7-14-12(15-10)11-9-4-2-1-3-8(9)5-6-13-11/h1-6H,7H2,(H,14,15,16). The van der Waals surface area contributed by atoms with Crippen molar-refractivity contribution in [3.05, 3.63) is 42.2 Å². The first-order valence-corrected chi connectivity index (χ1v) is 5.03. The van der Waals surface area contributed by atoms with Gasteiger partial charge in [0.2, 0.25) is 5.91 Å². The first-order valence-electron chi connectivity index (χ1n) is 5.03. The Morgan fingerprint density at radius 2 is 2.06 bits per heavy atom. The van der Waals surface area contributed by atoms with Gasteiger partial charge in [0.05, 0.1) is 0 Å². The van der Waals surface area contributed by atoms with Crippen LogP contribution in [0.3, 0.4) is 0 Å². The Bertz CT molecular complexity index is 599. The molecule has 0 radical (unpaired) electrons. The summed E-state index contributed by atoms with van der Waals surface area (Å²) in [6, 6.07) is 9.85. The average molecular weight is 211 g/mol. The predicted octanol–water partition coefficient (Wildman–Crippen LogP) is 1.11. The van der Waals surface area contributed by atoms with Crippen LogP contribution in [0.5, 0.6) is 0 Å². The second-order valence-electron chi connectivity index (χ2n) is 3.59. The van der Waals surface area contributed by atoms with Gasteiger partial charge in [-0.15, -0.1) is 0 Å². The van der Waals surface area contributed by atoms with E-state index in [1.54, 1.807) is 6.20 Å². The zero-order valence-electron chi connectivity index (χ0n) is 8.47. The van der Waals surface area contributed by atoms with Crippen molar-refractivity contribution < 1.29 is 4.79 Å². The lowest BCUT2D eigenvalue weighted by Crippen LogP contribution is -2.26. The number of amides is 1. The molecule has 1 aromatic heterocycles. The number of nitrogens with zero attached hydrogens (tertiary/aromatic N) is 2. The number of carbonyl (C=O) groups is 1. The lowest BCUT2D eigenvalue weighted by atomic mass is 10.1. The van der Waals surface area contributed by atoms with Gasteiger partial charge in [0, 0.05) is 11.6 Å². The van der Waals surface area contributed by atoms with Gasteiger partial charge in [-0.25, -0.2) is 0 Å². The summed E-state index contributed by atoms with van der Waals surface area (Å²) in [5.74, 6) is 0.492. The van der Waals surface area contributed by atoms with Crippen LogP contribution in [-0.4, -0.2) is 23.3 Å². The number of hydrogen-bond donors (Lipinski definition) is 1. The van der Waals surface area contributed by atoms with Gasteiger partial charge < -0.3 is 5.32 Å². The van der Waals surface area contributed by atoms with Crippen LogP contribution in [0.2, 0.25) is 0 Å². The number of nitrogens with one attached hydrogen (secondary N) is 1. The van der Waals surface area contributed by atoms with Crippen molar-refractivity contribution in [2.24, 2.45) is 4.99 Å². The summed E-state index contributed by atoms with van der Waals surface area (Å²) in [4.78, 5) is 19.5. The predicted molar refractivity (Wildman–Crippen MR) is 61.3 cm³/mol. The average Bonchev–Trinajstić information content (AvgIpc) is 2.75. The summed E-state index contributed by atoms with van der Waals surface area (Å²) in [5.41, 5.74) is 0.740. The van der Waals surface area contributed by atoms with Crippen LogP contribution in [0.1, 0.15) is 5.69 Å². The molecule has 1 aliphatic rings. The molecule has 1 N–H and O–H groups in total. The number of benzene rings is 1. The highest BCUT2D eigenvalue weighted by Gasteiger charge is 2.17. The molecule has 78 valence electrons. The van der Waals surface area contributed by atoms with Gasteiger partial charge in [-0.2, -0.15) is 0 Å². The van der Waals surface area contributed by atoms with E-state index in [2.05, 4.69) is 15.3 Å². The van der Waals surface area contributed by atoms with Crippen LogP contribution in [0.15, 0.2) is 41.5 Å². The van der Waals surface area contributed by atoms with Gasteiger partial charge >= 0.3 is 0 Å². The molecule has 3 rings (SSSR count). The molecule has 1 aromatic carbocycles. The summed E-state index contributed by atoms with van der Waals surface area (Å²) in [5, 5.41) is 4.81. The summed E-state index contributed by atoms with van der Waals surface area (Å²) in [6.07, 6.45) is 1.73. The van der Waals surface area contributed by atoms with E-state index < -0.39 is 0 Å². The maximum Gasteiger partial charge on any atom is 0.247 e. The molecule has 16 heavy (non-hydrogen) atoms. The molecule has 1 aliphatic heterocycles. The zero-order chi connectivity index (χ0) is 11.0.